The molecule has 1 amide bonds. The molecule has 0 aliphatic carbocycles. The third kappa shape index (κ3) is 4.33. The molecule has 5 heteroatoms. The monoisotopic (exact) mass is 348 g/mol. The van der Waals surface area contributed by atoms with Crippen LogP contribution in [0.5, 0.6) is 17.2 Å². The Kier molecular flexibility index (Phi) is 5.08. The van der Waals surface area contributed by atoms with Crippen molar-refractivity contribution in [2.75, 3.05) is 24.3 Å². The predicted molar refractivity (Wildman–Crippen MR) is 103 cm³/mol. The van der Waals surface area contributed by atoms with E-state index in [9.17, 15) is 9.90 Å². The van der Waals surface area contributed by atoms with Crippen LogP contribution in [0, 0.1) is 0 Å². The van der Waals surface area contributed by atoms with Crippen LogP contribution in [0.1, 0.15) is 10.4 Å². The quantitative estimate of drug-likeness (QED) is 0.712. The van der Waals surface area contributed by atoms with Gasteiger partial charge in [-0.3, -0.25) is 4.79 Å². The highest BCUT2D eigenvalue weighted by molar-refractivity contribution is 6.04. The molecule has 2 N–H and O–H groups in total. The zero-order chi connectivity index (χ0) is 18.5. The molecule has 0 aliphatic heterocycles. The first-order valence-corrected chi connectivity index (χ1v) is 8.17. The fraction of sp³-hybridized carbons (Fsp3) is 0.0952. The first kappa shape index (κ1) is 17.4. The minimum atomic E-state index is -0.191. The van der Waals surface area contributed by atoms with Crippen molar-refractivity contribution < 1.29 is 14.6 Å². The predicted octanol–water partition coefficient (Wildman–Crippen LogP) is 4.50. The Bertz CT molecular complexity index is 922. The number of amides is 1. The molecule has 0 atom stereocenters. The molecule has 3 rings (SSSR count). The molecule has 0 radical (unpaired) electrons. The number of aromatic hydroxyl groups is 1. The second-order valence-electron chi connectivity index (χ2n) is 6.03. The molecule has 0 saturated carbocycles. The van der Waals surface area contributed by atoms with Crippen LogP contribution in [0.15, 0.2) is 72.8 Å². The molecule has 0 unspecified atom stereocenters. The Hall–Kier alpha value is -3.47. The normalized spacial score (nSPS) is 10.2. The van der Waals surface area contributed by atoms with Gasteiger partial charge in [-0.25, -0.2) is 0 Å². The van der Waals surface area contributed by atoms with Crippen molar-refractivity contribution in [1.82, 2.24) is 0 Å². The van der Waals surface area contributed by atoms with E-state index in [1.54, 1.807) is 48.5 Å². The van der Waals surface area contributed by atoms with Gasteiger partial charge in [0.1, 0.15) is 17.2 Å². The van der Waals surface area contributed by atoms with Gasteiger partial charge in [-0.2, -0.15) is 0 Å². The summed E-state index contributed by atoms with van der Waals surface area (Å²) >= 11 is 0. The van der Waals surface area contributed by atoms with E-state index in [4.69, 9.17) is 4.74 Å². The van der Waals surface area contributed by atoms with E-state index in [0.717, 1.165) is 5.69 Å². The lowest BCUT2D eigenvalue weighted by molar-refractivity contribution is 0.102. The van der Waals surface area contributed by atoms with Gasteiger partial charge in [-0.15, -0.1) is 0 Å². The number of hydrogen-bond donors (Lipinski definition) is 2. The number of rotatable bonds is 5. The summed E-state index contributed by atoms with van der Waals surface area (Å²) in [4.78, 5) is 14.4. The third-order valence-corrected chi connectivity index (χ3v) is 3.77. The van der Waals surface area contributed by atoms with Crippen LogP contribution in [0.3, 0.4) is 0 Å². The van der Waals surface area contributed by atoms with Gasteiger partial charge in [0.15, 0.2) is 0 Å². The number of hydrogen-bond acceptors (Lipinski definition) is 4. The molecule has 0 spiro atoms. The minimum absolute atomic E-state index is 0.132. The average Bonchev–Trinajstić information content (AvgIpc) is 2.62. The molecular formula is C21H20N2O3. The lowest BCUT2D eigenvalue weighted by Crippen LogP contribution is -2.14. The molecule has 0 aliphatic rings. The van der Waals surface area contributed by atoms with Crippen molar-refractivity contribution in [3.63, 3.8) is 0 Å². The standard InChI is InChI=1S/C21H20N2O3/c1-23(2)17-8-3-6-15(12-17)21(25)22-16-7-4-10-19(13-16)26-20-11-5-9-18(24)14-20/h3-14,24H,1-2H3,(H,22,25). The van der Waals surface area contributed by atoms with Gasteiger partial charge >= 0.3 is 0 Å². The van der Waals surface area contributed by atoms with Crippen LogP contribution in [-0.2, 0) is 0 Å². The van der Waals surface area contributed by atoms with Gasteiger partial charge in [-0.1, -0.05) is 18.2 Å². The second kappa shape index (κ2) is 7.61. The van der Waals surface area contributed by atoms with E-state index in [1.807, 2.05) is 37.2 Å². The highest BCUT2D eigenvalue weighted by Crippen LogP contribution is 2.26. The van der Waals surface area contributed by atoms with Crippen LogP contribution < -0.4 is 15.0 Å². The number of anilines is 2. The maximum absolute atomic E-state index is 12.5. The van der Waals surface area contributed by atoms with Crippen LogP contribution in [0.2, 0.25) is 0 Å². The molecule has 3 aromatic carbocycles. The van der Waals surface area contributed by atoms with Crippen molar-refractivity contribution in [3.8, 4) is 17.2 Å². The summed E-state index contributed by atoms with van der Waals surface area (Å²) in [7, 11) is 3.86. The van der Waals surface area contributed by atoms with Crippen LogP contribution in [0.4, 0.5) is 11.4 Å². The summed E-state index contributed by atoms with van der Waals surface area (Å²) in [5.41, 5.74) is 2.16. The molecule has 26 heavy (non-hydrogen) atoms. The van der Waals surface area contributed by atoms with E-state index < -0.39 is 0 Å². The molecule has 0 aromatic heterocycles. The van der Waals surface area contributed by atoms with E-state index >= 15 is 0 Å². The molecule has 0 heterocycles. The summed E-state index contributed by atoms with van der Waals surface area (Å²) in [5, 5.41) is 12.4. The second-order valence-corrected chi connectivity index (χ2v) is 6.03. The highest BCUT2D eigenvalue weighted by atomic mass is 16.5. The third-order valence-electron chi connectivity index (χ3n) is 3.77. The molecule has 0 bridgehead atoms. The fourth-order valence-electron chi connectivity index (χ4n) is 2.45. The number of carbonyl (C=O) groups excluding carboxylic acids is 1. The lowest BCUT2D eigenvalue weighted by atomic mass is 10.1. The van der Waals surface area contributed by atoms with Gasteiger partial charge in [-0.05, 0) is 42.5 Å². The Balaban J connectivity index is 1.74. The molecule has 5 nitrogen and oxygen atoms in total. The van der Waals surface area contributed by atoms with E-state index in [1.165, 1.54) is 6.07 Å². The molecule has 3 aromatic rings. The van der Waals surface area contributed by atoms with Gasteiger partial charge in [0.2, 0.25) is 0 Å². The van der Waals surface area contributed by atoms with Gasteiger partial charge in [0, 0.05) is 43.2 Å². The Morgan fingerprint density at radius 3 is 2.35 bits per heavy atom. The lowest BCUT2D eigenvalue weighted by Gasteiger charge is -2.14. The van der Waals surface area contributed by atoms with Crippen molar-refractivity contribution in [1.29, 1.82) is 0 Å². The summed E-state index contributed by atoms with van der Waals surface area (Å²) in [6.45, 7) is 0. The zero-order valence-electron chi connectivity index (χ0n) is 14.6. The number of carbonyl (C=O) groups is 1. The Morgan fingerprint density at radius 1 is 0.923 bits per heavy atom. The van der Waals surface area contributed by atoms with Gasteiger partial charge in [0.05, 0.1) is 0 Å². The van der Waals surface area contributed by atoms with Crippen LogP contribution >= 0.6 is 0 Å². The minimum Gasteiger partial charge on any atom is -0.508 e. The first-order chi connectivity index (χ1) is 12.5. The maximum Gasteiger partial charge on any atom is 0.255 e. The Labute approximate surface area is 152 Å². The molecule has 0 saturated heterocycles. The van der Waals surface area contributed by atoms with E-state index in [0.29, 0.717) is 22.7 Å². The van der Waals surface area contributed by atoms with Crippen LogP contribution in [0.25, 0.3) is 0 Å². The number of phenols is 1. The number of phenolic OH excluding ortho intramolecular Hbond substituents is 1. The number of benzene rings is 3. The fourth-order valence-corrected chi connectivity index (χ4v) is 2.45. The SMILES string of the molecule is CN(C)c1cccc(C(=O)Nc2cccc(Oc3cccc(O)c3)c2)c1. The number of ether oxygens (including phenoxy) is 1. The van der Waals surface area contributed by atoms with Gasteiger partial charge < -0.3 is 20.1 Å². The zero-order valence-corrected chi connectivity index (χ0v) is 14.6. The van der Waals surface area contributed by atoms with Crippen molar-refractivity contribution >= 4 is 17.3 Å². The molecular weight excluding hydrogens is 328 g/mol. The Morgan fingerprint density at radius 2 is 1.62 bits per heavy atom. The largest absolute Gasteiger partial charge is 0.508 e. The van der Waals surface area contributed by atoms with Crippen molar-refractivity contribution in [2.24, 2.45) is 0 Å². The average molecular weight is 348 g/mol. The summed E-state index contributed by atoms with van der Waals surface area (Å²) in [6.07, 6.45) is 0. The van der Waals surface area contributed by atoms with Crippen molar-refractivity contribution in [2.45, 2.75) is 0 Å². The highest BCUT2D eigenvalue weighted by Gasteiger charge is 2.08. The van der Waals surface area contributed by atoms with Crippen molar-refractivity contribution in [3.05, 3.63) is 78.4 Å². The van der Waals surface area contributed by atoms with Crippen LogP contribution in [-0.4, -0.2) is 25.1 Å². The number of nitrogens with zero attached hydrogens (tertiary/aromatic N) is 1. The van der Waals surface area contributed by atoms with E-state index in [-0.39, 0.29) is 11.7 Å². The smallest absolute Gasteiger partial charge is 0.255 e. The van der Waals surface area contributed by atoms with Gasteiger partial charge in [0.25, 0.3) is 5.91 Å². The summed E-state index contributed by atoms with van der Waals surface area (Å²) in [5.74, 6) is 1.03. The molecule has 0 fully saturated rings. The summed E-state index contributed by atoms with van der Waals surface area (Å²) < 4.78 is 5.72. The topological polar surface area (TPSA) is 61.8 Å². The molecule has 132 valence electrons. The summed E-state index contributed by atoms with van der Waals surface area (Å²) in [6, 6.07) is 21.1. The number of nitrogens with one attached hydrogen (secondary N) is 1. The van der Waals surface area contributed by atoms with E-state index in [2.05, 4.69) is 5.32 Å². The maximum atomic E-state index is 12.5. The first-order valence-electron chi connectivity index (χ1n) is 8.17.